The van der Waals surface area contributed by atoms with Gasteiger partial charge in [-0.2, -0.15) is 0 Å². The van der Waals surface area contributed by atoms with E-state index in [4.69, 9.17) is 9.47 Å². The fraction of sp³-hybridized carbons (Fsp3) is 0.211. The third-order valence-electron chi connectivity index (χ3n) is 4.09. The zero-order valence-corrected chi connectivity index (χ0v) is 14.9. The summed E-state index contributed by atoms with van der Waals surface area (Å²) in [5.74, 6) is 1.33. The van der Waals surface area contributed by atoms with Gasteiger partial charge in [0.2, 0.25) is 0 Å². The first kappa shape index (κ1) is 16.5. The highest BCUT2D eigenvalue weighted by Gasteiger charge is 2.28. The molecule has 0 saturated heterocycles. The fourth-order valence-corrected chi connectivity index (χ4v) is 3.84. The number of carbonyl (C=O) groups excluding carboxylic acids is 1. The molecule has 0 N–H and O–H groups in total. The number of amides is 1. The summed E-state index contributed by atoms with van der Waals surface area (Å²) in [6.45, 7) is 1.96. The van der Waals surface area contributed by atoms with Gasteiger partial charge in [-0.3, -0.25) is 4.79 Å². The third-order valence-corrected chi connectivity index (χ3v) is 5.34. The van der Waals surface area contributed by atoms with Crippen molar-refractivity contribution in [2.24, 2.45) is 0 Å². The molecule has 0 saturated carbocycles. The second-order valence-corrected chi connectivity index (χ2v) is 6.51. The monoisotopic (exact) mass is 341 g/mol. The lowest BCUT2D eigenvalue weighted by Gasteiger charge is -2.28. The standard InChI is InChI=1S/C19H19NO3S/c1-12(13-9-10-15(22-3)16(11-13)23-4)18-19(21)20(2)14-7-5-6-8-17(14)24-18/h5-11H,1-4H3/b18-12-. The van der Waals surface area contributed by atoms with Crippen molar-refractivity contribution in [3.8, 4) is 11.5 Å². The van der Waals surface area contributed by atoms with Gasteiger partial charge < -0.3 is 14.4 Å². The molecule has 0 radical (unpaired) electrons. The summed E-state index contributed by atoms with van der Waals surface area (Å²) in [6, 6.07) is 13.6. The Balaban J connectivity index is 2.08. The van der Waals surface area contributed by atoms with Crippen molar-refractivity contribution in [1.82, 2.24) is 0 Å². The zero-order chi connectivity index (χ0) is 17.3. The van der Waals surface area contributed by atoms with E-state index < -0.39 is 0 Å². The second-order valence-electron chi connectivity index (χ2n) is 5.46. The summed E-state index contributed by atoms with van der Waals surface area (Å²) in [5.41, 5.74) is 2.81. The van der Waals surface area contributed by atoms with Gasteiger partial charge in [0, 0.05) is 11.9 Å². The number of likely N-dealkylation sites (N-methyl/N-ethyl adjacent to an activating group) is 1. The SMILES string of the molecule is COc1ccc(/C(C)=C2\Sc3ccccc3N(C)C2=O)cc1OC. The molecule has 2 aromatic rings. The van der Waals surface area contributed by atoms with E-state index >= 15 is 0 Å². The third kappa shape index (κ3) is 2.76. The molecule has 0 spiro atoms. The molecule has 1 aliphatic rings. The minimum absolute atomic E-state index is 0.00554. The van der Waals surface area contributed by atoms with Crippen LogP contribution in [-0.2, 0) is 4.79 Å². The Bertz CT molecular complexity index is 829. The van der Waals surface area contributed by atoms with Crippen molar-refractivity contribution in [3.05, 3.63) is 52.9 Å². The van der Waals surface area contributed by atoms with Crippen LogP contribution in [-0.4, -0.2) is 27.2 Å². The first-order chi connectivity index (χ1) is 11.6. The Morgan fingerprint density at radius 1 is 1.04 bits per heavy atom. The first-order valence-corrected chi connectivity index (χ1v) is 8.36. The largest absolute Gasteiger partial charge is 0.493 e. The molecule has 0 bridgehead atoms. The fourth-order valence-electron chi connectivity index (χ4n) is 2.67. The quantitative estimate of drug-likeness (QED) is 0.784. The van der Waals surface area contributed by atoms with Crippen molar-refractivity contribution < 1.29 is 14.3 Å². The van der Waals surface area contributed by atoms with Crippen LogP contribution in [0.5, 0.6) is 11.5 Å². The molecule has 0 aromatic heterocycles. The van der Waals surface area contributed by atoms with Gasteiger partial charge in [-0.25, -0.2) is 0 Å². The number of para-hydroxylation sites is 1. The van der Waals surface area contributed by atoms with Crippen LogP contribution >= 0.6 is 11.8 Å². The van der Waals surface area contributed by atoms with E-state index in [2.05, 4.69) is 0 Å². The summed E-state index contributed by atoms with van der Waals surface area (Å²) in [5, 5.41) is 0. The van der Waals surface area contributed by atoms with Crippen LogP contribution in [0.1, 0.15) is 12.5 Å². The van der Waals surface area contributed by atoms with E-state index in [-0.39, 0.29) is 5.91 Å². The van der Waals surface area contributed by atoms with Crippen molar-refractivity contribution in [3.63, 3.8) is 0 Å². The van der Waals surface area contributed by atoms with Crippen LogP contribution in [0, 0.1) is 0 Å². The maximum absolute atomic E-state index is 12.8. The number of benzene rings is 2. The molecule has 24 heavy (non-hydrogen) atoms. The molecule has 0 atom stereocenters. The van der Waals surface area contributed by atoms with Gasteiger partial charge in [-0.1, -0.05) is 30.0 Å². The van der Waals surface area contributed by atoms with Gasteiger partial charge in [-0.05, 0) is 42.3 Å². The summed E-state index contributed by atoms with van der Waals surface area (Å²) in [4.78, 5) is 16.3. The topological polar surface area (TPSA) is 38.8 Å². The second kappa shape index (κ2) is 6.61. The lowest BCUT2D eigenvalue weighted by molar-refractivity contribution is -0.114. The smallest absolute Gasteiger partial charge is 0.265 e. The normalized spacial score (nSPS) is 15.8. The van der Waals surface area contributed by atoms with Gasteiger partial charge in [-0.15, -0.1) is 0 Å². The van der Waals surface area contributed by atoms with Gasteiger partial charge in [0.05, 0.1) is 24.8 Å². The number of anilines is 1. The van der Waals surface area contributed by atoms with Gasteiger partial charge >= 0.3 is 0 Å². The molecule has 1 heterocycles. The number of ether oxygens (including phenoxy) is 2. The van der Waals surface area contributed by atoms with Crippen LogP contribution in [0.4, 0.5) is 5.69 Å². The lowest BCUT2D eigenvalue weighted by atomic mass is 10.1. The molecule has 0 fully saturated rings. The van der Waals surface area contributed by atoms with E-state index in [9.17, 15) is 4.79 Å². The van der Waals surface area contributed by atoms with Gasteiger partial charge in [0.1, 0.15) is 0 Å². The number of allylic oxidation sites excluding steroid dienone is 1. The highest BCUT2D eigenvalue weighted by atomic mass is 32.2. The minimum Gasteiger partial charge on any atom is -0.493 e. The number of methoxy groups -OCH3 is 2. The Labute approximate surface area is 146 Å². The van der Waals surface area contributed by atoms with Crippen LogP contribution < -0.4 is 14.4 Å². The predicted octanol–water partition coefficient (Wildman–Crippen LogP) is 4.20. The van der Waals surface area contributed by atoms with Gasteiger partial charge in [0.15, 0.2) is 11.5 Å². The number of fused-ring (bicyclic) bond motifs is 1. The number of thioether (sulfide) groups is 1. The highest BCUT2D eigenvalue weighted by Crippen LogP contribution is 2.44. The summed E-state index contributed by atoms with van der Waals surface area (Å²) < 4.78 is 10.6. The molecule has 0 aliphatic carbocycles. The first-order valence-electron chi connectivity index (χ1n) is 7.55. The minimum atomic E-state index is 0.00554. The molecule has 1 aliphatic heterocycles. The van der Waals surface area contributed by atoms with E-state index in [1.807, 2.05) is 56.4 Å². The summed E-state index contributed by atoms with van der Waals surface area (Å²) in [7, 11) is 5.02. The van der Waals surface area contributed by atoms with Crippen molar-refractivity contribution in [1.29, 1.82) is 0 Å². The van der Waals surface area contributed by atoms with Crippen LogP contribution in [0.15, 0.2) is 52.3 Å². The molecule has 124 valence electrons. The Kier molecular flexibility index (Phi) is 4.53. The van der Waals surface area contributed by atoms with Gasteiger partial charge in [0.25, 0.3) is 5.91 Å². The Morgan fingerprint density at radius 3 is 2.46 bits per heavy atom. The predicted molar refractivity (Wildman–Crippen MR) is 97.8 cm³/mol. The number of carbonyl (C=O) groups is 1. The Morgan fingerprint density at radius 2 is 1.75 bits per heavy atom. The number of hydrogen-bond acceptors (Lipinski definition) is 4. The van der Waals surface area contributed by atoms with E-state index in [0.29, 0.717) is 11.5 Å². The summed E-state index contributed by atoms with van der Waals surface area (Å²) in [6.07, 6.45) is 0. The highest BCUT2D eigenvalue weighted by molar-refractivity contribution is 8.04. The molecule has 0 unspecified atom stereocenters. The summed E-state index contributed by atoms with van der Waals surface area (Å²) >= 11 is 1.51. The molecule has 2 aromatic carbocycles. The van der Waals surface area contributed by atoms with Crippen molar-refractivity contribution in [2.45, 2.75) is 11.8 Å². The Hall–Kier alpha value is -2.40. The van der Waals surface area contributed by atoms with E-state index in [1.165, 1.54) is 11.8 Å². The molecule has 5 heteroatoms. The van der Waals surface area contributed by atoms with E-state index in [1.54, 1.807) is 19.1 Å². The molecule has 1 amide bonds. The molecular formula is C19H19NO3S. The average Bonchev–Trinajstić information content (AvgIpc) is 2.63. The van der Waals surface area contributed by atoms with Crippen molar-refractivity contribution in [2.75, 3.05) is 26.2 Å². The molecule has 3 rings (SSSR count). The van der Waals surface area contributed by atoms with Crippen molar-refractivity contribution >= 4 is 28.9 Å². The maximum Gasteiger partial charge on any atom is 0.265 e. The van der Waals surface area contributed by atoms with Crippen LogP contribution in [0.3, 0.4) is 0 Å². The maximum atomic E-state index is 12.8. The molecular weight excluding hydrogens is 322 g/mol. The average molecular weight is 341 g/mol. The number of nitrogens with zero attached hydrogens (tertiary/aromatic N) is 1. The van der Waals surface area contributed by atoms with Crippen LogP contribution in [0.25, 0.3) is 5.57 Å². The lowest BCUT2D eigenvalue weighted by Crippen LogP contribution is -2.30. The number of hydrogen-bond donors (Lipinski definition) is 0. The molecule has 4 nitrogen and oxygen atoms in total. The number of rotatable bonds is 3. The van der Waals surface area contributed by atoms with Crippen LogP contribution in [0.2, 0.25) is 0 Å². The van der Waals surface area contributed by atoms with E-state index in [0.717, 1.165) is 26.6 Å². The zero-order valence-electron chi connectivity index (χ0n) is 14.1.